The summed E-state index contributed by atoms with van der Waals surface area (Å²) in [7, 11) is 1.42. The number of nitrogens with one attached hydrogen (secondary N) is 2. The molecular formula is C24H23N3O6S. The van der Waals surface area contributed by atoms with Gasteiger partial charge in [-0.05, 0) is 16.5 Å². The van der Waals surface area contributed by atoms with Gasteiger partial charge in [0, 0.05) is 12.6 Å². The van der Waals surface area contributed by atoms with Crippen LogP contribution in [0.5, 0.6) is 0 Å². The zero-order valence-corrected chi connectivity index (χ0v) is 19.1. The lowest BCUT2D eigenvalue weighted by Crippen LogP contribution is -2.73. The summed E-state index contributed by atoms with van der Waals surface area (Å²) < 4.78 is 11.1. The van der Waals surface area contributed by atoms with Crippen LogP contribution in [0, 0.1) is 0 Å². The van der Waals surface area contributed by atoms with E-state index in [9.17, 15) is 19.2 Å². The molecule has 1 fully saturated rings. The number of carbonyl (C=O) groups is 4. The van der Waals surface area contributed by atoms with Crippen molar-refractivity contribution < 1.29 is 28.7 Å². The number of thioether (sulfide) groups is 1. The summed E-state index contributed by atoms with van der Waals surface area (Å²) in [5.74, 6) is -1.07. The number of fused-ring (bicyclic) bond motifs is 1. The molecule has 1 saturated heterocycles. The standard InChI is InChI=1S/C24H23N3O6S/c1-25-24(31)32-12-17-13-34-22-18(26-14-28)21(29)27(22)19(17)23(30)33-20(15-8-4-2-5-9-15)16-10-6-3-7-11-16/h2-11,13-14,18-20,22H,12H2,1H3,(H,25,31)(H,26,28)/t18-,19?,22-/m1/s1. The first-order valence-electron chi connectivity index (χ1n) is 10.6. The number of hydrogen-bond donors (Lipinski definition) is 2. The molecule has 2 aromatic rings. The minimum Gasteiger partial charge on any atom is -0.451 e. The summed E-state index contributed by atoms with van der Waals surface area (Å²) >= 11 is 1.27. The van der Waals surface area contributed by atoms with E-state index in [-0.39, 0.29) is 6.61 Å². The molecule has 2 N–H and O–H groups in total. The fourth-order valence-electron chi connectivity index (χ4n) is 3.90. The number of alkyl carbamates (subject to hydrolysis) is 1. The molecule has 0 aromatic heterocycles. The number of rotatable bonds is 8. The number of ether oxygens (including phenoxy) is 2. The van der Waals surface area contributed by atoms with Crippen LogP contribution in [0.15, 0.2) is 71.6 Å². The molecule has 176 valence electrons. The van der Waals surface area contributed by atoms with Crippen LogP contribution >= 0.6 is 11.8 Å². The molecule has 9 nitrogen and oxygen atoms in total. The Morgan fingerprint density at radius 2 is 1.71 bits per heavy atom. The maximum absolute atomic E-state index is 13.6. The molecule has 4 rings (SSSR count). The molecule has 34 heavy (non-hydrogen) atoms. The Bertz CT molecular complexity index is 1050. The van der Waals surface area contributed by atoms with Gasteiger partial charge in [0.15, 0.2) is 12.1 Å². The second-order valence-electron chi connectivity index (χ2n) is 7.59. The lowest BCUT2D eigenvalue weighted by atomic mass is 9.97. The maximum Gasteiger partial charge on any atom is 0.407 e. The van der Waals surface area contributed by atoms with Gasteiger partial charge in [0.2, 0.25) is 12.3 Å². The van der Waals surface area contributed by atoms with E-state index in [0.717, 1.165) is 11.1 Å². The Hall–Kier alpha value is -3.79. The summed E-state index contributed by atoms with van der Waals surface area (Å²) in [6.45, 7) is -0.198. The van der Waals surface area contributed by atoms with Crippen molar-refractivity contribution >= 4 is 36.1 Å². The summed E-state index contributed by atoms with van der Waals surface area (Å²) in [5, 5.41) is 6.05. The molecule has 0 radical (unpaired) electrons. The largest absolute Gasteiger partial charge is 0.451 e. The molecule has 10 heteroatoms. The molecule has 0 spiro atoms. The van der Waals surface area contributed by atoms with E-state index in [1.165, 1.54) is 23.7 Å². The lowest BCUT2D eigenvalue weighted by Gasteiger charge is -2.51. The molecule has 1 unspecified atom stereocenters. The van der Waals surface area contributed by atoms with Gasteiger partial charge in [-0.1, -0.05) is 60.7 Å². The average Bonchev–Trinajstić information content (AvgIpc) is 2.89. The highest BCUT2D eigenvalue weighted by molar-refractivity contribution is 8.02. The van der Waals surface area contributed by atoms with E-state index in [2.05, 4.69) is 10.6 Å². The van der Waals surface area contributed by atoms with Gasteiger partial charge in [-0.2, -0.15) is 0 Å². The van der Waals surface area contributed by atoms with Crippen LogP contribution in [0.3, 0.4) is 0 Å². The highest BCUT2D eigenvalue weighted by Gasteiger charge is 2.56. The van der Waals surface area contributed by atoms with Gasteiger partial charge in [0.25, 0.3) is 0 Å². The van der Waals surface area contributed by atoms with Crippen LogP contribution in [-0.2, 0) is 23.9 Å². The minimum atomic E-state index is -1.09. The van der Waals surface area contributed by atoms with Crippen LogP contribution < -0.4 is 10.6 Å². The van der Waals surface area contributed by atoms with Crippen LogP contribution in [0.4, 0.5) is 4.79 Å². The maximum atomic E-state index is 13.6. The van der Waals surface area contributed by atoms with Crippen LogP contribution in [-0.4, -0.2) is 60.4 Å². The highest BCUT2D eigenvalue weighted by atomic mass is 32.2. The fourth-order valence-corrected chi connectivity index (χ4v) is 5.12. The Labute approximate surface area is 200 Å². The van der Waals surface area contributed by atoms with Crippen molar-refractivity contribution in [1.29, 1.82) is 0 Å². The normalized spacial score (nSPS) is 21.0. The zero-order chi connectivity index (χ0) is 24.1. The van der Waals surface area contributed by atoms with Gasteiger partial charge >= 0.3 is 12.1 Å². The van der Waals surface area contributed by atoms with Crippen LogP contribution in [0.2, 0.25) is 0 Å². The summed E-state index contributed by atoms with van der Waals surface area (Å²) in [6, 6.07) is 16.7. The predicted octanol–water partition coefficient (Wildman–Crippen LogP) is 1.96. The quantitative estimate of drug-likeness (QED) is 0.337. The number of carbonyl (C=O) groups excluding carboxylic acids is 4. The zero-order valence-electron chi connectivity index (χ0n) is 18.2. The molecule has 2 aliphatic rings. The van der Waals surface area contributed by atoms with Crippen molar-refractivity contribution in [3.8, 4) is 0 Å². The second-order valence-corrected chi connectivity index (χ2v) is 8.58. The Morgan fingerprint density at radius 3 is 2.26 bits per heavy atom. The Morgan fingerprint density at radius 1 is 1.09 bits per heavy atom. The van der Waals surface area contributed by atoms with Crippen molar-refractivity contribution in [2.24, 2.45) is 0 Å². The number of benzene rings is 2. The predicted molar refractivity (Wildman–Crippen MR) is 124 cm³/mol. The van der Waals surface area contributed by atoms with Crippen molar-refractivity contribution in [1.82, 2.24) is 15.5 Å². The minimum absolute atomic E-state index is 0.198. The molecular weight excluding hydrogens is 458 g/mol. The third-order valence-electron chi connectivity index (χ3n) is 5.55. The number of amides is 3. The van der Waals surface area contributed by atoms with Gasteiger partial charge in [-0.25, -0.2) is 9.59 Å². The van der Waals surface area contributed by atoms with Gasteiger partial charge < -0.3 is 25.0 Å². The molecule has 2 heterocycles. The monoisotopic (exact) mass is 481 g/mol. The van der Waals surface area contributed by atoms with Gasteiger partial charge in [0.1, 0.15) is 18.0 Å². The lowest BCUT2D eigenvalue weighted by molar-refractivity contribution is -0.165. The van der Waals surface area contributed by atoms with Crippen molar-refractivity contribution in [3.63, 3.8) is 0 Å². The second kappa shape index (κ2) is 10.4. The molecule has 2 aliphatic heterocycles. The number of β-lactam (4-membered cyclic amide) rings is 1. The topological polar surface area (TPSA) is 114 Å². The summed E-state index contributed by atoms with van der Waals surface area (Å²) in [4.78, 5) is 50.3. The van der Waals surface area contributed by atoms with E-state index >= 15 is 0 Å². The molecule has 3 atom stereocenters. The number of hydrogen-bond acceptors (Lipinski definition) is 7. The smallest absolute Gasteiger partial charge is 0.407 e. The first kappa shape index (κ1) is 23.4. The SMILES string of the molecule is CNC(=O)OCC1=CS[C@@H]2[C@H](NC=O)C(=O)N2C1C(=O)OC(c1ccccc1)c1ccccc1. The molecule has 0 saturated carbocycles. The third kappa shape index (κ3) is 4.62. The van der Waals surface area contributed by atoms with Gasteiger partial charge in [-0.3, -0.25) is 9.59 Å². The van der Waals surface area contributed by atoms with E-state index in [1.807, 2.05) is 60.7 Å². The van der Waals surface area contributed by atoms with E-state index in [4.69, 9.17) is 9.47 Å². The highest BCUT2D eigenvalue weighted by Crippen LogP contribution is 2.41. The molecule has 0 aliphatic carbocycles. The Balaban J connectivity index is 1.63. The third-order valence-corrected chi connectivity index (χ3v) is 6.77. The van der Waals surface area contributed by atoms with Gasteiger partial charge in [-0.15, -0.1) is 11.8 Å². The van der Waals surface area contributed by atoms with E-state index in [0.29, 0.717) is 12.0 Å². The van der Waals surface area contributed by atoms with Crippen molar-refractivity contribution in [3.05, 3.63) is 82.8 Å². The van der Waals surface area contributed by atoms with Crippen molar-refractivity contribution in [2.45, 2.75) is 23.6 Å². The van der Waals surface area contributed by atoms with Crippen molar-refractivity contribution in [2.75, 3.05) is 13.7 Å². The molecule has 0 bridgehead atoms. The molecule has 3 amide bonds. The first-order chi connectivity index (χ1) is 16.5. The summed E-state index contributed by atoms with van der Waals surface area (Å²) in [6.07, 6.45) is -0.908. The van der Waals surface area contributed by atoms with E-state index in [1.54, 1.807) is 5.41 Å². The van der Waals surface area contributed by atoms with Crippen LogP contribution in [0.1, 0.15) is 17.2 Å². The van der Waals surface area contributed by atoms with E-state index < -0.39 is 41.5 Å². The number of nitrogens with zero attached hydrogens (tertiary/aromatic N) is 1. The number of esters is 1. The first-order valence-corrected chi connectivity index (χ1v) is 11.5. The van der Waals surface area contributed by atoms with Crippen LogP contribution in [0.25, 0.3) is 0 Å². The fraction of sp³-hybridized carbons (Fsp3) is 0.250. The summed E-state index contributed by atoms with van der Waals surface area (Å²) in [5.41, 5.74) is 1.95. The Kier molecular flexibility index (Phi) is 7.17. The average molecular weight is 482 g/mol. The molecule has 2 aromatic carbocycles. The van der Waals surface area contributed by atoms with Gasteiger partial charge in [0.05, 0.1) is 0 Å².